The zero-order valence-corrected chi connectivity index (χ0v) is 10.7. The van der Waals surface area contributed by atoms with Crippen LogP contribution in [0.4, 0.5) is 0 Å². The van der Waals surface area contributed by atoms with Gasteiger partial charge in [0, 0.05) is 5.56 Å². The van der Waals surface area contributed by atoms with Crippen molar-refractivity contribution in [2.75, 3.05) is 6.54 Å². The van der Waals surface area contributed by atoms with Gasteiger partial charge in [0.2, 0.25) is 0 Å². The molecule has 0 radical (unpaired) electrons. The van der Waals surface area contributed by atoms with Gasteiger partial charge in [-0.1, -0.05) is 35.5 Å². The standard InChI is InChI=1S/C16H16N2O/c1-2-6-13-12(5-1)7-8-14-15(13)16(11-18-19-14)9-3-4-10-17-16/h1-2,5-8,11,17H,3-4,9-10H2. The fourth-order valence-electron chi connectivity index (χ4n) is 3.28. The molecule has 2 aromatic carbocycles. The van der Waals surface area contributed by atoms with Crippen LogP contribution in [0.2, 0.25) is 0 Å². The maximum Gasteiger partial charge on any atom is 0.164 e. The first-order chi connectivity index (χ1) is 9.39. The first-order valence-corrected chi connectivity index (χ1v) is 6.88. The molecule has 0 aliphatic carbocycles. The van der Waals surface area contributed by atoms with Gasteiger partial charge in [-0.15, -0.1) is 0 Å². The zero-order chi connectivity index (χ0) is 12.7. The van der Waals surface area contributed by atoms with Crippen LogP contribution in [0, 0.1) is 0 Å². The highest BCUT2D eigenvalue weighted by Crippen LogP contribution is 2.41. The summed E-state index contributed by atoms with van der Waals surface area (Å²) in [5.41, 5.74) is 1.10. The van der Waals surface area contributed by atoms with Crippen molar-refractivity contribution in [3.8, 4) is 5.75 Å². The molecule has 3 heteroatoms. The maximum atomic E-state index is 5.49. The fraction of sp³-hybridized carbons (Fsp3) is 0.312. The second-order valence-corrected chi connectivity index (χ2v) is 5.34. The third-order valence-electron chi connectivity index (χ3n) is 4.20. The summed E-state index contributed by atoms with van der Waals surface area (Å²) in [6, 6.07) is 12.6. The second kappa shape index (κ2) is 4.07. The Hall–Kier alpha value is -1.87. The van der Waals surface area contributed by atoms with E-state index in [9.17, 15) is 0 Å². The molecular formula is C16H16N2O. The number of benzene rings is 2. The van der Waals surface area contributed by atoms with Crippen LogP contribution in [0.5, 0.6) is 5.75 Å². The van der Waals surface area contributed by atoms with E-state index in [1.54, 1.807) is 0 Å². The second-order valence-electron chi connectivity index (χ2n) is 5.34. The number of hydrogen-bond acceptors (Lipinski definition) is 3. The van der Waals surface area contributed by atoms with Gasteiger partial charge in [0.15, 0.2) is 5.75 Å². The molecule has 2 heterocycles. The molecule has 1 saturated heterocycles. The van der Waals surface area contributed by atoms with Crippen LogP contribution in [-0.2, 0) is 5.54 Å². The highest BCUT2D eigenvalue weighted by Gasteiger charge is 2.38. The number of nitrogens with one attached hydrogen (secondary N) is 1. The zero-order valence-electron chi connectivity index (χ0n) is 10.7. The maximum absolute atomic E-state index is 5.49. The molecule has 1 atom stereocenters. The van der Waals surface area contributed by atoms with Crippen molar-refractivity contribution < 1.29 is 4.84 Å². The summed E-state index contributed by atoms with van der Waals surface area (Å²) >= 11 is 0. The predicted molar refractivity (Wildman–Crippen MR) is 76.6 cm³/mol. The molecule has 2 aliphatic rings. The fourth-order valence-corrected chi connectivity index (χ4v) is 3.28. The van der Waals surface area contributed by atoms with Crippen LogP contribution < -0.4 is 10.2 Å². The number of piperidine rings is 1. The summed E-state index contributed by atoms with van der Waals surface area (Å²) in [6.07, 6.45) is 5.49. The summed E-state index contributed by atoms with van der Waals surface area (Å²) in [5.74, 6) is 0.885. The van der Waals surface area contributed by atoms with E-state index in [0.717, 1.165) is 18.7 Å². The molecule has 1 spiro atoms. The Balaban J connectivity index is 2.01. The Morgan fingerprint density at radius 3 is 2.95 bits per heavy atom. The van der Waals surface area contributed by atoms with Gasteiger partial charge in [-0.05, 0) is 42.6 Å². The van der Waals surface area contributed by atoms with Crippen LogP contribution in [0.1, 0.15) is 24.8 Å². The average molecular weight is 252 g/mol. The minimum atomic E-state index is -0.146. The number of oxime groups is 1. The Labute approximate surface area is 112 Å². The predicted octanol–water partition coefficient (Wildman–Crippen LogP) is 3.19. The van der Waals surface area contributed by atoms with Crippen molar-refractivity contribution >= 4 is 17.0 Å². The van der Waals surface area contributed by atoms with Crippen LogP contribution in [0.15, 0.2) is 41.6 Å². The minimum Gasteiger partial charge on any atom is -0.357 e. The molecule has 96 valence electrons. The van der Waals surface area contributed by atoms with E-state index in [1.807, 2.05) is 12.3 Å². The lowest BCUT2D eigenvalue weighted by Crippen LogP contribution is -2.48. The molecule has 3 nitrogen and oxygen atoms in total. The summed E-state index contributed by atoms with van der Waals surface area (Å²) in [7, 11) is 0. The third-order valence-corrected chi connectivity index (χ3v) is 4.20. The molecule has 1 N–H and O–H groups in total. The number of nitrogens with zero attached hydrogens (tertiary/aromatic N) is 1. The van der Waals surface area contributed by atoms with Crippen molar-refractivity contribution in [1.29, 1.82) is 0 Å². The van der Waals surface area contributed by atoms with Crippen molar-refractivity contribution in [1.82, 2.24) is 5.32 Å². The molecular weight excluding hydrogens is 236 g/mol. The summed E-state index contributed by atoms with van der Waals surface area (Å²) in [6.45, 7) is 1.04. The Morgan fingerprint density at radius 1 is 1.11 bits per heavy atom. The van der Waals surface area contributed by atoms with Gasteiger partial charge in [0.1, 0.15) is 0 Å². The van der Waals surface area contributed by atoms with Gasteiger partial charge in [0.25, 0.3) is 0 Å². The summed E-state index contributed by atoms with van der Waals surface area (Å²) in [5, 5.41) is 10.3. The first-order valence-electron chi connectivity index (χ1n) is 6.88. The summed E-state index contributed by atoms with van der Waals surface area (Å²) < 4.78 is 0. The molecule has 0 aromatic heterocycles. The minimum absolute atomic E-state index is 0.146. The molecule has 2 aliphatic heterocycles. The van der Waals surface area contributed by atoms with Gasteiger partial charge < -0.3 is 10.2 Å². The quantitative estimate of drug-likeness (QED) is 0.781. The molecule has 19 heavy (non-hydrogen) atoms. The van der Waals surface area contributed by atoms with Crippen LogP contribution in [0.25, 0.3) is 10.8 Å². The highest BCUT2D eigenvalue weighted by molar-refractivity contribution is 5.93. The molecule has 0 bridgehead atoms. The molecule has 0 amide bonds. The topological polar surface area (TPSA) is 33.6 Å². The van der Waals surface area contributed by atoms with Crippen molar-refractivity contribution in [2.45, 2.75) is 24.8 Å². The molecule has 2 aromatic rings. The third kappa shape index (κ3) is 1.58. The smallest absolute Gasteiger partial charge is 0.164 e. The van der Waals surface area contributed by atoms with E-state index in [4.69, 9.17) is 4.84 Å². The summed E-state index contributed by atoms with van der Waals surface area (Å²) in [4.78, 5) is 5.49. The number of hydrogen-bond donors (Lipinski definition) is 1. The lowest BCUT2D eigenvalue weighted by atomic mass is 9.80. The lowest BCUT2D eigenvalue weighted by Gasteiger charge is -2.38. The average Bonchev–Trinajstić information content (AvgIpc) is 2.48. The Bertz CT molecular complexity index is 657. The van der Waals surface area contributed by atoms with Gasteiger partial charge >= 0.3 is 0 Å². The molecule has 1 unspecified atom stereocenters. The number of fused-ring (bicyclic) bond motifs is 4. The molecule has 0 saturated carbocycles. The van der Waals surface area contributed by atoms with Crippen LogP contribution >= 0.6 is 0 Å². The SMILES string of the molecule is C1=NOc2ccc3ccccc3c2C12CCCCN2. The molecule has 4 rings (SSSR count). The van der Waals surface area contributed by atoms with Crippen LogP contribution in [-0.4, -0.2) is 12.8 Å². The van der Waals surface area contributed by atoms with E-state index in [-0.39, 0.29) is 5.54 Å². The largest absolute Gasteiger partial charge is 0.357 e. The van der Waals surface area contributed by atoms with Gasteiger partial charge in [0.05, 0.1) is 11.8 Å². The van der Waals surface area contributed by atoms with E-state index in [2.05, 4.69) is 40.8 Å². The number of rotatable bonds is 0. The van der Waals surface area contributed by atoms with Gasteiger partial charge in [-0.25, -0.2) is 0 Å². The lowest BCUT2D eigenvalue weighted by molar-refractivity contribution is 0.277. The van der Waals surface area contributed by atoms with E-state index in [0.29, 0.717) is 0 Å². The van der Waals surface area contributed by atoms with Crippen molar-refractivity contribution in [3.63, 3.8) is 0 Å². The van der Waals surface area contributed by atoms with Crippen LogP contribution in [0.3, 0.4) is 0 Å². The van der Waals surface area contributed by atoms with Gasteiger partial charge in [-0.2, -0.15) is 0 Å². The van der Waals surface area contributed by atoms with E-state index < -0.39 is 0 Å². The monoisotopic (exact) mass is 252 g/mol. The van der Waals surface area contributed by atoms with Crippen molar-refractivity contribution in [2.24, 2.45) is 5.16 Å². The Morgan fingerprint density at radius 2 is 2.05 bits per heavy atom. The normalized spacial score (nSPS) is 25.3. The van der Waals surface area contributed by atoms with E-state index >= 15 is 0 Å². The van der Waals surface area contributed by atoms with Crippen molar-refractivity contribution in [3.05, 3.63) is 42.0 Å². The van der Waals surface area contributed by atoms with E-state index in [1.165, 1.54) is 29.2 Å². The van der Waals surface area contributed by atoms with Gasteiger partial charge in [-0.3, -0.25) is 0 Å². The highest BCUT2D eigenvalue weighted by atomic mass is 16.6. The first kappa shape index (κ1) is 11.0. The Kier molecular flexibility index (Phi) is 2.35. The molecule has 1 fully saturated rings.